The summed E-state index contributed by atoms with van der Waals surface area (Å²) < 4.78 is 5.89. The fourth-order valence-electron chi connectivity index (χ4n) is 3.23. The quantitative estimate of drug-likeness (QED) is 0.207. The largest absolute Gasteiger partial charge is 0.494 e. The van der Waals surface area contributed by atoms with Crippen LogP contribution in [0.1, 0.15) is 84.6 Å². The smallest absolute Gasteiger partial charge is 0.119 e. The Bertz CT molecular complexity index is 625. The van der Waals surface area contributed by atoms with Gasteiger partial charge >= 0.3 is 0 Å². The Morgan fingerprint density at radius 1 is 1.03 bits per heavy atom. The van der Waals surface area contributed by atoms with Gasteiger partial charge in [-0.05, 0) is 76.7 Å². The molecule has 0 bridgehead atoms. The molecule has 1 atom stereocenters. The highest BCUT2D eigenvalue weighted by Crippen LogP contribution is 2.28. The first kappa shape index (κ1) is 26.2. The highest BCUT2D eigenvalue weighted by atomic mass is 16.5. The van der Waals surface area contributed by atoms with E-state index in [4.69, 9.17) is 4.74 Å². The summed E-state index contributed by atoms with van der Waals surface area (Å²) >= 11 is 0. The van der Waals surface area contributed by atoms with Gasteiger partial charge in [0.2, 0.25) is 0 Å². The lowest BCUT2D eigenvalue weighted by molar-refractivity contribution is 0.305. The molecule has 168 valence electrons. The summed E-state index contributed by atoms with van der Waals surface area (Å²) in [5, 5.41) is 3.53. The normalized spacial score (nSPS) is 13.2. The third kappa shape index (κ3) is 12.7. The molecular weight excluding hydrogens is 366 g/mol. The van der Waals surface area contributed by atoms with Gasteiger partial charge in [-0.1, -0.05) is 75.1 Å². The molecule has 2 nitrogen and oxygen atoms in total. The predicted octanol–water partition coefficient (Wildman–Crippen LogP) is 7.97. The minimum atomic E-state index is 0.0190. The van der Waals surface area contributed by atoms with Gasteiger partial charge in [0, 0.05) is 5.41 Å². The van der Waals surface area contributed by atoms with E-state index in [1.54, 1.807) is 0 Å². The number of ether oxygens (including phenoxy) is 1. The molecule has 0 saturated heterocycles. The van der Waals surface area contributed by atoms with Crippen LogP contribution in [-0.4, -0.2) is 19.7 Å². The molecule has 0 unspecified atom stereocenters. The number of hydrogen-bond donors (Lipinski definition) is 1. The maximum absolute atomic E-state index is 5.89. The molecule has 0 amide bonds. The number of nitrogens with one attached hydrogen (secondary N) is 1. The lowest BCUT2D eigenvalue weighted by Crippen LogP contribution is -2.17. The molecule has 0 fully saturated rings. The van der Waals surface area contributed by atoms with Crippen LogP contribution in [0.15, 0.2) is 54.6 Å². The van der Waals surface area contributed by atoms with E-state index in [1.165, 1.54) is 43.2 Å². The maximum atomic E-state index is 5.89. The summed E-state index contributed by atoms with van der Waals surface area (Å²) in [4.78, 5) is 0. The Hall–Kier alpha value is -1.80. The van der Waals surface area contributed by atoms with Crippen LogP contribution in [0, 0.1) is 5.41 Å². The summed E-state index contributed by atoms with van der Waals surface area (Å²) in [6.07, 6.45) is 18.5. The molecule has 0 heterocycles. The summed E-state index contributed by atoms with van der Waals surface area (Å²) in [5.41, 5.74) is 2.59. The maximum Gasteiger partial charge on any atom is 0.119 e. The van der Waals surface area contributed by atoms with Crippen LogP contribution in [0.3, 0.4) is 0 Å². The monoisotopic (exact) mass is 411 g/mol. The molecule has 0 spiro atoms. The molecule has 0 aromatic heterocycles. The Morgan fingerprint density at radius 2 is 1.73 bits per heavy atom. The van der Waals surface area contributed by atoms with Crippen LogP contribution in [-0.2, 0) is 0 Å². The molecular formula is C28H45NO. The number of rotatable bonds is 17. The highest BCUT2D eigenvalue weighted by molar-refractivity contribution is 5.52. The molecule has 1 aromatic rings. The van der Waals surface area contributed by atoms with E-state index in [1.807, 2.05) is 0 Å². The van der Waals surface area contributed by atoms with Crippen molar-refractivity contribution in [3.8, 4) is 5.75 Å². The van der Waals surface area contributed by atoms with Gasteiger partial charge in [0.25, 0.3) is 0 Å². The van der Waals surface area contributed by atoms with Gasteiger partial charge in [0.15, 0.2) is 0 Å². The lowest BCUT2D eigenvalue weighted by atomic mass is 9.84. The lowest BCUT2D eigenvalue weighted by Gasteiger charge is -2.20. The summed E-state index contributed by atoms with van der Waals surface area (Å²) in [7, 11) is 0. The standard InChI is InChI=1S/C28H45NO/c1-6-8-9-10-22-29-23-11-12-24-30-27-17-15-26(16-18-27)19-21-28(5,7-2)20-13-14-25(3)4/h7,14-19,21,29H,2,6,8-13,20,22-24H2,1,3-5H3/b21-19+/t28-/m1/s1. The van der Waals surface area contributed by atoms with Crippen molar-refractivity contribution in [3.63, 3.8) is 0 Å². The Labute approximate surface area is 186 Å². The van der Waals surface area contributed by atoms with Gasteiger partial charge in [-0.3, -0.25) is 0 Å². The van der Waals surface area contributed by atoms with Gasteiger partial charge in [-0.2, -0.15) is 0 Å². The second kappa shape index (κ2) is 16.0. The van der Waals surface area contributed by atoms with Crippen molar-refractivity contribution in [2.75, 3.05) is 19.7 Å². The van der Waals surface area contributed by atoms with E-state index in [2.05, 4.69) is 88.2 Å². The Morgan fingerprint density at radius 3 is 2.37 bits per heavy atom. The molecule has 1 N–H and O–H groups in total. The first-order valence-corrected chi connectivity index (χ1v) is 11.9. The number of hydrogen-bond acceptors (Lipinski definition) is 2. The summed E-state index contributed by atoms with van der Waals surface area (Å²) in [6.45, 7) is 15.9. The zero-order chi connectivity index (χ0) is 22.1. The van der Waals surface area contributed by atoms with Gasteiger partial charge in [-0.15, -0.1) is 6.58 Å². The second-order valence-corrected chi connectivity index (χ2v) is 8.80. The van der Waals surface area contributed by atoms with Gasteiger partial charge in [0.1, 0.15) is 5.75 Å². The van der Waals surface area contributed by atoms with Gasteiger partial charge in [-0.25, -0.2) is 0 Å². The van der Waals surface area contributed by atoms with E-state index in [9.17, 15) is 0 Å². The van der Waals surface area contributed by atoms with Crippen LogP contribution in [0.4, 0.5) is 0 Å². The Kier molecular flexibility index (Phi) is 14.0. The second-order valence-electron chi connectivity index (χ2n) is 8.80. The van der Waals surface area contributed by atoms with E-state index >= 15 is 0 Å². The molecule has 30 heavy (non-hydrogen) atoms. The summed E-state index contributed by atoms with van der Waals surface area (Å²) in [5.74, 6) is 0.953. The average molecular weight is 412 g/mol. The molecule has 2 heteroatoms. The fraction of sp³-hybridized carbons (Fsp3) is 0.571. The van der Waals surface area contributed by atoms with Crippen molar-refractivity contribution >= 4 is 6.08 Å². The van der Waals surface area contributed by atoms with Crippen molar-refractivity contribution in [3.05, 3.63) is 60.2 Å². The molecule has 1 aromatic carbocycles. The van der Waals surface area contributed by atoms with E-state index in [0.717, 1.165) is 44.7 Å². The van der Waals surface area contributed by atoms with Crippen molar-refractivity contribution in [1.82, 2.24) is 5.32 Å². The molecule has 0 radical (unpaired) electrons. The van der Waals surface area contributed by atoms with E-state index in [-0.39, 0.29) is 5.41 Å². The van der Waals surface area contributed by atoms with Crippen molar-refractivity contribution in [1.29, 1.82) is 0 Å². The molecule has 1 rings (SSSR count). The van der Waals surface area contributed by atoms with E-state index < -0.39 is 0 Å². The zero-order valence-electron chi connectivity index (χ0n) is 20.0. The minimum Gasteiger partial charge on any atom is -0.494 e. The van der Waals surface area contributed by atoms with Crippen LogP contribution in [0.25, 0.3) is 6.08 Å². The van der Waals surface area contributed by atoms with Crippen LogP contribution < -0.4 is 10.1 Å². The number of allylic oxidation sites excluding steroid dienone is 4. The molecule has 0 aliphatic carbocycles. The first-order chi connectivity index (χ1) is 14.5. The minimum absolute atomic E-state index is 0.0190. The average Bonchev–Trinajstić information content (AvgIpc) is 2.74. The van der Waals surface area contributed by atoms with Crippen LogP contribution in [0.2, 0.25) is 0 Å². The van der Waals surface area contributed by atoms with Crippen molar-refractivity contribution in [2.45, 2.75) is 79.1 Å². The molecule has 0 aliphatic rings. The number of unbranched alkanes of at least 4 members (excludes halogenated alkanes) is 4. The first-order valence-electron chi connectivity index (χ1n) is 11.9. The fourth-order valence-corrected chi connectivity index (χ4v) is 3.23. The van der Waals surface area contributed by atoms with E-state index in [0.29, 0.717) is 0 Å². The SMILES string of the molecule is C=C[C@@](C)(/C=C/c1ccc(OCCCCNCCCCCC)cc1)CCC=C(C)C. The van der Waals surface area contributed by atoms with Gasteiger partial charge in [0.05, 0.1) is 6.61 Å². The third-order valence-electron chi connectivity index (χ3n) is 5.46. The van der Waals surface area contributed by atoms with Crippen molar-refractivity contribution in [2.24, 2.45) is 5.41 Å². The highest BCUT2D eigenvalue weighted by Gasteiger charge is 2.14. The number of benzene rings is 1. The van der Waals surface area contributed by atoms with Crippen LogP contribution in [0.5, 0.6) is 5.75 Å². The Balaban J connectivity index is 2.28. The summed E-state index contributed by atoms with van der Waals surface area (Å²) in [6, 6.07) is 8.40. The molecule has 0 saturated carbocycles. The van der Waals surface area contributed by atoms with Crippen molar-refractivity contribution < 1.29 is 4.74 Å². The zero-order valence-corrected chi connectivity index (χ0v) is 20.0. The predicted molar refractivity (Wildman–Crippen MR) is 134 cm³/mol. The third-order valence-corrected chi connectivity index (χ3v) is 5.46. The molecule has 0 aliphatic heterocycles. The topological polar surface area (TPSA) is 21.3 Å². The van der Waals surface area contributed by atoms with Crippen LogP contribution >= 0.6 is 0 Å². The van der Waals surface area contributed by atoms with Gasteiger partial charge < -0.3 is 10.1 Å².